The molecule has 166 valence electrons. The van der Waals surface area contributed by atoms with E-state index in [1.807, 2.05) is 0 Å². The highest BCUT2D eigenvalue weighted by molar-refractivity contribution is 7.89. The molecule has 12 heteroatoms. The summed E-state index contributed by atoms with van der Waals surface area (Å²) in [5, 5.41) is 13.1. The van der Waals surface area contributed by atoms with Gasteiger partial charge in [0.1, 0.15) is 0 Å². The highest BCUT2D eigenvalue weighted by atomic mass is 35.5. The second kappa shape index (κ2) is 9.86. The Hall–Kier alpha value is -3.02. The van der Waals surface area contributed by atoms with E-state index in [0.29, 0.717) is 0 Å². The molecule has 0 aliphatic rings. The number of rotatable bonds is 8. The molecule has 2 aromatic rings. The van der Waals surface area contributed by atoms with Gasteiger partial charge < -0.3 is 10.1 Å². The Bertz CT molecular complexity index is 1120. The van der Waals surface area contributed by atoms with Crippen LogP contribution in [-0.2, 0) is 19.6 Å². The predicted octanol–water partition coefficient (Wildman–Crippen LogP) is 3.12. The number of esters is 1. The molecule has 2 rings (SSSR count). The lowest BCUT2D eigenvalue weighted by Gasteiger charge is -2.15. The molecule has 1 atom stereocenters. The van der Waals surface area contributed by atoms with E-state index in [0.717, 1.165) is 18.2 Å². The Balaban J connectivity index is 2.09. The maximum atomic E-state index is 12.4. The molecule has 0 aliphatic carbocycles. The lowest BCUT2D eigenvalue weighted by Crippen LogP contribution is -2.31. The number of nitro groups is 1. The number of anilines is 1. The topological polar surface area (TPSA) is 145 Å². The summed E-state index contributed by atoms with van der Waals surface area (Å²) in [5.74, 6) is -1.63. The highest BCUT2D eigenvalue weighted by Gasteiger charge is 2.22. The smallest absolute Gasteiger partial charge is 0.338 e. The largest absolute Gasteiger partial charge is 0.449 e. The maximum Gasteiger partial charge on any atom is 0.338 e. The third kappa shape index (κ3) is 6.48. The van der Waals surface area contributed by atoms with Crippen LogP contribution in [0.15, 0.2) is 47.4 Å². The Kier molecular flexibility index (Phi) is 7.71. The number of nitro benzene ring substituents is 1. The summed E-state index contributed by atoms with van der Waals surface area (Å²) in [6, 6.07) is 8.36. The van der Waals surface area contributed by atoms with Gasteiger partial charge in [-0.3, -0.25) is 14.9 Å². The van der Waals surface area contributed by atoms with Gasteiger partial charge in [0.2, 0.25) is 10.0 Å². The fraction of sp³-hybridized carbons (Fsp3) is 0.263. The molecule has 0 aromatic heterocycles. The normalized spacial score (nSPS) is 12.3. The SMILES string of the molecule is CC(C)NS(=O)(=O)c1cccc(C(=O)OC(C)C(=O)Nc2ccc([N+](=O)[O-])cc2Cl)c1. The van der Waals surface area contributed by atoms with Crippen LogP contribution in [0.2, 0.25) is 5.02 Å². The zero-order valence-corrected chi connectivity index (χ0v) is 18.4. The number of sulfonamides is 1. The van der Waals surface area contributed by atoms with Crippen molar-refractivity contribution in [3.05, 3.63) is 63.2 Å². The van der Waals surface area contributed by atoms with Crippen LogP contribution in [0.5, 0.6) is 0 Å². The van der Waals surface area contributed by atoms with Crippen molar-refractivity contribution >= 4 is 44.9 Å². The summed E-state index contributed by atoms with van der Waals surface area (Å²) in [7, 11) is -3.82. The lowest BCUT2D eigenvalue weighted by molar-refractivity contribution is -0.384. The van der Waals surface area contributed by atoms with Crippen molar-refractivity contribution in [2.75, 3.05) is 5.32 Å². The molecule has 1 unspecified atom stereocenters. The fourth-order valence-corrected chi connectivity index (χ4v) is 3.92. The van der Waals surface area contributed by atoms with Crippen LogP contribution < -0.4 is 10.0 Å². The molecule has 31 heavy (non-hydrogen) atoms. The first kappa shape index (κ1) is 24.3. The number of nitrogens with zero attached hydrogens (tertiary/aromatic N) is 1. The van der Waals surface area contributed by atoms with E-state index < -0.39 is 32.9 Å². The molecule has 0 bridgehead atoms. The summed E-state index contributed by atoms with van der Waals surface area (Å²) in [6.07, 6.45) is -1.26. The quantitative estimate of drug-likeness (QED) is 0.343. The number of halogens is 1. The highest BCUT2D eigenvalue weighted by Crippen LogP contribution is 2.27. The summed E-state index contributed by atoms with van der Waals surface area (Å²) in [6.45, 7) is 4.63. The van der Waals surface area contributed by atoms with Crippen LogP contribution in [0, 0.1) is 10.1 Å². The van der Waals surface area contributed by atoms with Crippen molar-refractivity contribution < 1.29 is 27.7 Å². The summed E-state index contributed by atoms with van der Waals surface area (Å²) < 4.78 is 32.0. The van der Waals surface area contributed by atoms with Crippen LogP contribution in [0.1, 0.15) is 31.1 Å². The molecule has 0 spiro atoms. The molecule has 2 N–H and O–H groups in total. The van der Waals surface area contributed by atoms with E-state index in [4.69, 9.17) is 16.3 Å². The number of benzene rings is 2. The van der Waals surface area contributed by atoms with Gasteiger partial charge in [-0.25, -0.2) is 17.9 Å². The van der Waals surface area contributed by atoms with Crippen molar-refractivity contribution in [1.29, 1.82) is 0 Å². The van der Waals surface area contributed by atoms with Crippen LogP contribution in [0.25, 0.3) is 0 Å². The number of nitrogens with one attached hydrogen (secondary N) is 2. The zero-order chi connectivity index (χ0) is 23.3. The number of hydrogen-bond acceptors (Lipinski definition) is 7. The van der Waals surface area contributed by atoms with E-state index in [1.165, 1.54) is 31.2 Å². The Morgan fingerprint density at radius 2 is 1.81 bits per heavy atom. The molecule has 0 radical (unpaired) electrons. The van der Waals surface area contributed by atoms with Crippen molar-refractivity contribution in [3.8, 4) is 0 Å². The minimum atomic E-state index is -3.82. The van der Waals surface area contributed by atoms with Gasteiger partial charge in [0.25, 0.3) is 11.6 Å². The van der Waals surface area contributed by atoms with Crippen molar-refractivity contribution in [3.63, 3.8) is 0 Å². The van der Waals surface area contributed by atoms with Crippen LogP contribution >= 0.6 is 11.6 Å². The predicted molar refractivity (Wildman–Crippen MR) is 114 cm³/mol. The van der Waals surface area contributed by atoms with Gasteiger partial charge >= 0.3 is 5.97 Å². The average Bonchev–Trinajstić information content (AvgIpc) is 2.68. The van der Waals surface area contributed by atoms with Crippen LogP contribution in [-0.4, -0.2) is 37.4 Å². The van der Waals surface area contributed by atoms with E-state index in [-0.39, 0.29) is 32.9 Å². The Morgan fingerprint density at radius 1 is 1.13 bits per heavy atom. The summed E-state index contributed by atoms with van der Waals surface area (Å²) >= 11 is 5.93. The molecule has 2 aromatic carbocycles. The zero-order valence-electron chi connectivity index (χ0n) is 16.8. The molecule has 0 heterocycles. The van der Waals surface area contributed by atoms with Gasteiger partial charge in [-0.15, -0.1) is 0 Å². The molecule has 10 nitrogen and oxygen atoms in total. The first-order chi connectivity index (χ1) is 14.4. The van der Waals surface area contributed by atoms with E-state index >= 15 is 0 Å². The standard InChI is InChI=1S/C19H20ClN3O7S/c1-11(2)22-31(28,29)15-6-4-5-13(9-15)19(25)30-12(3)18(24)21-17-8-7-14(23(26)27)10-16(17)20/h4-12,22H,1-3H3,(H,21,24). The van der Waals surface area contributed by atoms with Gasteiger partial charge in [-0.2, -0.15) is 0 Å². The molecular formula is C19H20ClN3O7S. The first-order valence-electron chi connectivity index (χ1n) is 8.99. The summed E-state index contributed by atoms with van der Waals surface area (Å²) in [5.41, 5.74) is -0.197. The first-order valence-corrected chi connectivity index (χ1v) is 10.8. The third-order valence-corrected chi connectivity index (χ3v) is 5.81. The average molecular weight is 470 g/mol. The van der Waals surface area contributed by atoms with Crippen LogP contribution in [0.4, 0.5) is 11.4 Å². The van der Waals surface area contributed by atoms with Crippen LogP contribution in [0.3, 0.4) is 0 Å². The number of non-ortho nitro benzene ring substituents is 1. The third-order valence-electron chi connectivity index (χ3n) is 3.85. The molecular weight excluding hydrogens is 450 g/mol. The van der Waals surface area contributed by atoms with Gasteiger partial charge in [0.15, 0.2) is 6.10 Å². The van der Waals surface area contributed by atoms with Gasteiger partial charge in [-0.1, -0.05) is 17.7 Å². The monoisotopic (exact) mass is 469 g/mol. The lowest BCUT2D eigenvalue weighted by atomic mass is 10.2. The number of ether oxygens (including phenoxy) is 1. The maximum absolute atomic E-state index is 12.4. The molecule has 1 amide bonds. The van der Waals surface area contributed by atoms with Crippen molar-refractivity contribution in [2.45, 2.75) is 37.8 Å². The second-order valence-electron chi connectivity index (χ2n) is 6.76. The van der Waals surface area contributed by atoms with Gasteiger partial charge in [0.05, 0.1) is 26.1 Å². The Labute approximate surface area is 183 Å². The molecule has 0 aliphatic heterocycles. The number of hydrogen-bond donors (Lipinski definition) is 2. The van der Waals surface area contributed by atoms with Gasteiger partial charge in [0, 0.05) is 18.2 Å². The fourth-order valence-electron chi connectivity index (χ4n) is 2.40. The van der Waals surface area contributed by atoms with E-state index in [2.05, 4.69) is 10.0 Å². The van der Waals surface area contributed by atoms with Crippen molar-refractivity contribution in [2.24, 2.45) is 0 Å². The second-order valence-corrected chi connectivity index (χ2v) is 8.88. The van der Waals surface area contributed by atoms with E-state index in [9.17, 15) is 28.1 Å². The Morgan fingerprint density at radius 3 is 2.39 bits per heavy atom. The van der Waals surface area contributed by atoms with Gasteiger partial charge in [-0.05, 0) is 45.0 Å². The minimum Gasteiger partial charge on any atom is -0.449 e. The number of amides is 1. The molecule has 0 fully saturated rings. The van der Waals surface area contributed by atoms with E-state index in [1.54, 1.807) is 13.8 Å². The number of carbonyl (C=O) groups is 2. The minimum absolute atomic E-state index is 0.0559. The molecule has 0 saturated heterocycles. The van der Waals surface area contributed by atoms with Crippen molar-refractivity contribution in [1.82, 2.24) is 4.72 Å². The molecule has 0 saturated carbocycles. The number of carbonyl (C=O) groups excluding carboxylic acids is 2. The summed E-state index contributed by atoms with van der Waals surface area (Å²) in [4.78, 5) is 34.7.